The number of benzene rings is 1. The number of nitrogens with one attached hydrogen (secondary N) is 1. The van der Waals surface area contributed by atoms with Crippen LogP contribution in [0, 0.1) is 12.8 Å². The maximum absolute atomic E-state index is 13.9. The Bertz CT molecular complexity index is 1120. The van der Waals surface area contributed by atoms with Gasteiger partial charge in [-0.05, 0) is 61.6 Å². The van der Waals surface area contributed by atoms with E-state index in [1.165, 1.54) is 6.07 Å². The smallest absolute Gasteiger partial charge is 0.419 e. The Hall–Kier alpha value is -3.23. The molecule has 0 aliphatic heterocycles. The van der Waals surface area contributed by atoms with E-state index in [1.807, 2.05) is 26.8 Å². The third-order valence-corrected chi connectivity index (χ3v) is 4.98. The van der Waals surface area contributed by atoms with Gasteiger partial charge in [-0.2, -0.15) is 13.2 Å². The van der Waals surface area contributed by atoms with Gasteiger partial charge in [-0.1, -0.05) is 19.9 Å². The summed E-state index contributed by atoms with van der Waals surface area (Å²) in [6.07, 6.45) is -3.74. The van der Waals surface area contributed by atoms with E-state index in [9.17, 15) is 18.0 Å². The number of primary amides is 1. The molecule has 0 spiro atoms. The maximum Gasteiger partial charge on any atom is 0.419 e. The Morgan fingerprint density at radius 3 is 2.56 bits per heavy atom. The second kappa shape index (κ2) is 8.72. The van der Waals surface area contributed by atoms with Gasteiger partial charge in [-0.25, -0.2) is 9.78 Å². The second-order valence-electron chi connectivity index (χ2n) is 8.54. The Balaban J connectivity index is 1.98. The molecule has 172 valence electrons. The number of aryl methyl sites for hydroxylation is 1. The number of alkyl halides is 3. The van der Waals surface area contributed by atoms with E-state index < -0.39 is 23.4 Å². The van der Waals surface area contributed by atoms with Crippen LogP contribution in [0.1, 0.15) is 38.4 Å². The first kappa shape index (κ1) is 23.4. The molecular weight excluding hydrogens is 423 g/mol. The van der Waals surface area contributed by atoms with Crippen molar-refractivity contribution in [3.05, 3.63) is 47.8 Å². The van der Waals surface area contributed by atoms with Crippen molar-refractivity contribution in [3.63, 3.8) is 0 Å². The Labute approximate surface area is 183 Å². The molecule has 0 bridgehead atoms. The Kier molecular flexibility index (Phi) is 6.39. The zero-order valence-corrected chi connectivity index (χ0v) is 18.3. The first-order valence-electron chi connectivity index (χ1n) is 10.2. The summed E-state index contributed by atoms with van der Waals surface area (Å²) in [5.41, 5.74) is 5.53. The molecular formula is C23H26F3N3O3. The summed E-state index contributed by atoms with van der Waals surface area (Å²) in [6, 6.07) is 7.42. The van der Waals surface area contributed by atoms with Crippen LogP contribution in [0.2, 0.25) is 0 Å². The maximum atomic E-state index is 13.9. The predicted molar refractivity (Wildman–Crippen MR) is 115 cm³/mol. The number of nitrogens with zero attached hydrogens (tertiary/aromatic N) is 1. The lowest BCUT2D eigenvalue weighted by molar-refractivity contribution is -0.139. The van der Waals surface area contributed by atoms with Gasteiger partial charge in [0.2, 0.25) is 0 Å². The number of pyridine rings is 1. The van der Waals surface area contributed by atoms with Gasteiger partial charge < -0.3 is 20.2 Å². The number of hydrogen-bond donors (Lipinski definition) is 2. The SMILES string of the molecule is Cc1cc2c(-c3ccc(OCC(C)(CC(C)C)OC(N)=O)c(C(F)(F)F)c3)ccnc2[nH]1. The van der Waals surface area contributed by atoms with Gasteiger partial charge in [0.15, 0.2) is 0 Å². The minimum absolute atomic E-state index is 0.103. The number of aromatic nitrogens is 2. The molecule has 0 aliphatic carbocycles. The summed E-state index contributed by atoms with van der Waals surface area (Å²) >= 11 is 0. The molecule has 0 saturated heterocycles. The number of carbonyl (C=O) groups excluding carboxylic acids is 1. The molecule has 0 fully saturated rings. The minimum Gasteiger partial charge on any atom is -0.489 e. The van der Waals surface area contributed by atoms with Crippen LogP contribution in [0.3, 0.4) is 0 Å². The number of carbonyl (C=O) groups is 1. The number of ether oxygens (including phenoxy) is 2. The number of H-pyrrole nitrogens is 1. The van der Waals surface area contributed by atoms with Gasteiger partial charge in [-0.15, -0.1) is 0 Å². The molecule has 9 heteroatoms. The van der Waals surface area contributed by atoms with Gasteiger partial charge in [0, 0.05) is 17.3 Å². The van der Waals surface area contributed by atoms with Crippen LogP contribution in [0.15, 0.2) is 36.5 Å². The highest BCUT2D eigenvalue weighted by Gasteiger charge is 2.37. The first-order chi connectivity index (χ1) is 14.9. The third-order valence-electron chi connectivity index (χ3n) is 4.98. The van der Waals surface area contributed by atoms with Crippen LogP contribution < -0.4 is 10.5 Å². The molecule has 2 heterocycles. The van der Waals surface area contributed by atoms with E-state index in [4.69, 9.17) is 15.2 Å². The highest BCUT2D eigenvalue weighted by molar-refractivity contribution is 5.93. The lowest BCUT2D eigenvalue weighted by atomic mass is 9.94. The average molecular weight is 449 g/mol. The number of halogens is 3. The van der Waals surface area contributed by atoms with Crippen molar-refractivity contribution in [2.24, 2.45) is 11.7 Å². The number of amides is 1. The van der Waals surface area contributed by atoms with E-state index in [1.54, 1.807) is 25.3 Å². The van der Waals surface area contributed by atoms with E-state index in [0.717, 1.165) is 17.1 Å². The fourth-order valence-corrected chi connectivity index (χ4v) is 3.92. The molecule has 0 saturated carbocycles. The van der Waals surface area contributed by atoms with Crippen molar-refractivity contribution < 1.29 is 27.4 Å². The fraction of sp³-hybridized carbons (Fsp3) is 0.391. The zero-order chi connectivity index (χ0) is 23.7. The molecule has 3 aromatic rings. The predicted octanol–water partition coefficient (Wildman–Crippen LogP) is 5.84. The molecule has 1 amide bonds. The van der Waals surface area contributed by atoms with Crippen LogP contribution >= 0.6 is 0 Å². The Morgan fingerprint density at radius 2 is 1.94 bits per heavy atom. The number of rotatable bonds is 7. The van der Waals surface area contributed by atoms with Gasteiger partial charge >= 0.3 is 12.3 Å². The molecule has 0 aliphatic rings. The molecule has 0 radical (unpaired) electrons. The molecule has 3 N–H and O–H groups in total. The summed E-state index contributed by atoms with van der Waals surface area (Å²) in [5.74, 6) is -0.244. The van der Waals surface area contributed by atoms with Crippen LogP contribution in [-0.2, 0) is 10.9 Å². The van der Waals surface area contributed by atoms with Gasteiger partial charge in [0.05, 0.1) is 5.56 Å². The summed E-state index contributed by atoms with van der Waals surface area (Å²) in [5, 5.41) is 0.728. The molecule has 1 aromatic carbocycles. The van der Waals surface area contributed by atoms with Gasteiger partial charge in [0.25, 0.3) is 0 Å². The van der Waals surface area contributed by atoms with E-state index in [0.29, 0.717) is 23.2 Å². The quantitative estimate of drug-likeness (QED) is 0.474. The Morgan fingerprint density at radius 1 is 1.22 bits per heavy atom. The molecule has 32 heavy (non-hydrogen) atoms. The highest BCUT2D eigenvalue weighted by Crippen LogP contribution is 2.40. The number of nitrogens with two attached hydrogens (primary N) is 1. The average Bonchev–Trinajstić information content (AvgIpc) is 3.04. The van der Waals surface area contributed by atoms with E-state index in [2.05, 4.69) is 9.97 Å². The number of hydrogen-bond acceptors (Lipinski definition) is 4. The van der Waals surface area contributed by atoms with Crippen LogP contribution in [-0.4, -0.2) is 28.3 Å². The van der Waals surface area contributed by atoms with Crippen molar-refractivity contribution in [1.82, 2.24) is 9.97 Å². The van der Waals surface area contributed by atoms with Crippen molar-refractivity contribution in [3.8, 4) is 16.9 Å². The third kappa shape index (κ3) is 5.33. The standard InChI is InChI=1S/C23H26F3N3O3/c1-13(2)11-22(4,32-21(27)30)12-31-19-6-5-15(10-18(19)23(24,25)26)16-7-8-28-20-17(16)9-14(3)29-20/h5-10,13H,11-12H2,1-4H3,(H2,27,30)(H,28,29). The fourth-order valence-electron chi connectivity index (χ4n) is 3.92. The van der Waals surface area contributed by atoms with Crippen molar-refractivity contribution in [1.29, 1.82) is 0 Å². The molecule has 2 aromatic heterocycles. The highest BCUT2D eigenvalue weighted by atomic mass is 19.4. The number of fused-ring (bicyclic) bond motifs is 1. The largest absolute Gasteiger partial charge is 0.489 e. The van der Waals surface area contributed by atoms with Crippen molar-refractivity contribution in [2.75, 3.05) is 6.61 Å². The second-order valence-corrected chi connectivity index (χ2v) is 8.54. The first-order valence-corrected chi connectivity index (χ1v) is 10.2. The molecule has 6 nitrogen and oxygen atoms in total. The summed E-state index contributed by atoms with van der Waals surface area (Å²) in [6.45, 7) is 6.97. The molecule has 1 atom stereocenters. The minimum atomic E-state index is -4.65. The van der Waals surface area contributed by atoms with Crippen LogP contribution in [0.4, 0.5) is 18.0 Å². The summed E-state index contributed by atoms with van der Waals surface area (Å²) in [7, 11) is 0. The van der Waals surface area contributed by atoms with Crippen LogP contribution in [0.5, 0.6) is 5.75 Å². The number of aromatic amines is 1. The topological polar surface area (TPSA) is 90.2 Å². The van der Waals surface area contributed by atoms with Gasteiger partial charge in [-0.3, -0.25) is 0 Å². The summed E-state index contributed by atoms with van der Waals surface area (Å²) < 4.78 is 52.4. The lowest BCUT2D eigenvalue weighted by Crippen LogP contribution is -2.41. The normalized spacial score (nSPS) is 13.9. The van der Waals surface area contributed by atoms with E-state index in [-0.39, 0.29) is 18.3 Å². The zero-order valence-electron chi connectivity index (χ0n) is 18.3. The van der Waals surface area contributed by atoms with Gasteiger partial charge in [0.1, 0.15) is 23.6 Å². The lowest BCUT2D eigenvalue weighted by Gasteiger charge is -2.30. The van der Waals surface area contributed by atoms with Crippen molar-refractivity contribution >= 4 is 17.1 Å². The molecule has 1 unspecified atom stereocenters. The molecule has 3 rings (SSSR count). The summed E-state index contributed by atoms with van der Waals surface area (Å²) in [4.78, 5) is 18.6. The monoisotopic (exact) mass is 449 g/mol. The van der Waals surface area contributed by atoms with E-state index >= 15 is 0 Å². The van der Waals surface area contributed by atoms with Crippen LogP contribution in [0.25, 0.3) is 22.2 Å². The van der Waals surface area contributed by atoms with Crippen molar-refractivity contribution in [2.45, 2.75) is 45.9 Å².